The number of aromatic amines is 1. The van der Waals surface area contributed by atoms with Gasteiger partial charge in [-0.05, 0) is 39.8 Å². The Balaban J connectivity index is 1.96. The van der Waals surface area contributed by atoms with E-state index in [2.05, 4.69) is 10.1 Å². The van der Waals surface area contributed by atoms with E-state index in [1.165, 1.54) is 20.0 Å². The largest absolute Gasteiger partial charge is 0.462 e. The molecule has 3 rings (SSSR count). The predicted octanol–water partition coefficient (Wildman–Crippen LogP) is 1.76. The highest BCUT2D eigenvalue weighted by atomic mass is 31.2. The summed E-state index contributed by atoms with van der Waals surface area (Å²) >= 11 is 0. The number of nitrogens with two attached hydrogens (primary N) is 1. The standard InChI is InChI=1S/C26H37BN4O10P/c1-15(2)38-23(34)17(4)30-42(36,41-18-10-8-7-9-11-18)37-14-19-21(40-22(33)16(3)28)26(5,27-6)24(39-19)31-13-12-20(32)29-25(31)35/h7-13,15-17,19,21,24H,14,28H2,1-6H3,(H,30,36)(H,29,32,35)/t16-,17-,19+,21+,24+,26+,42-/m0/s1. The van der Waals surface area contributed by atoms with Crippen LogP contribution in [0.4, 0.5) is 0 Å². The van der Waals surface area contributed by atoms with Crippen LogP contribution in [-0.2, 0) is 32.9 Å². The van der Waals surface area contributed by atoms with Gasteiger partial charge in [-0.3, -0.25) is 28.5 Å². The van der Waals surface area contributed by atoms with E-state index in [4.69, 9.17) is 29.0 Å². The van der Waals surface area contributed by atoms with E-state index < -0.39 is 79.5 Å². The number of carbonyl (C=O) groups excluding carboxylic acids is 2. The number of hydrogen-bond donors (Lipinski definition) is 3. The highest BCUT2D eigenvalue weighted by Crippen LogP contribution is 2.53. The number of ether oxygens (including phenoxy) is 3. The Morgan fingerprint density at radius 3 is 2.40 bits per heavy atom. The molecule has 1 aromatic carbocycles. The lowest BCUT2D eigenvalue weighted by Gasteiger charge is -2.34. The summed E-state index contributed by atoms with van der Waals surface area (Å²) in [6.07, 6.45) is -2.42. The lowest BCUT2D eigenvalue weighted by Crippen LogP contribution is -2.44. The number of aromatic nitrogens is 2. The van der Waals surface area contributed by atoms with Crippen LogP contribution in [0.15, 0.2) is 52.2 Å². The van der Waals surface area contributed by atoms with Crippen LogP contribution in [0.3, 0.4) is 0 Å². The topological polar surface area (TPSA) is 190 Å². The average molecular weight is 607 g/mol. The van der Waals surface area contributed by atoms with E-state index in [1.54, 1.807) is 65.2 Å². The number of nitrogens with one attached hydrogen (secondary N) is 2. The van der Waals surface area contributed by atoms with Gasteiger partial charge in [0.25, 0.3) is 5.56 Å². The van der Waals surface area contributed by atoms with Crippen molar-refractivity contribution in [1.29, 1.82) is 0 Å². The molecule has 1 aliphatic heterocycles. The first-order chi connectivity index (χ1) is 19.7. The van der Waals surface area contributed by atoms with Gasteiger partial charge in [-0.15, -0.1) is 0 Å². The third kappa shape index (κ3) is 7.98. The molecule has 42 heavy (non-hydrogen) atoms. The number of carbonyl (C=O) groups is 2. The normalized spacial score (nSPS) is 24.8. The number of hydrogen-bond acceptors (Lipinski definition) is 11. The molecular formula is C26H37BN4O10P. The maximum atomic E-state index is 14.0. The van der Waals surface area contributed by atoms with Crippen LogP contribution in [0.2, 0.25) is 12.1 Å². The molecule has 1 aromatic heterocycles. The van der Waals surface area contributed by atoms with Gasteiger partial charge in [0.1, 0.15) is 43.5 Å². The van der Waals surface area contributed by atoms with Crippen LogP contribution in [0, 0.1) is 0 Å². The van der Waals surface area contributed by atoms with E-state index in [9.17, 15) is 23.7 Å². The Labute approximate surface area is 244 Å². The Morgan fingerprint density at radius 2 is 1.83 bits per heavy atom. The first kappa shape index (κ1) is 33.3. The summed E-state index contributed by atoms with van der Waals surface area (Å²) in [5.41, 5.74) is 4.39. The molecule has 1 saturated heterocycles. The van der Waals surface area contributed by atoms with Gasteiger partial charge in [0.05, 0.1) is 12.7 Å². The number of H-pyrrole nitrogens is 1. The van der Waals surface area contributed by atoms with Crippen molar-refractivity contribution in [2.45, 2.75) is 83.4 Å². The van der Waals surface area contributed by atoms with Crippen LogP contribution in [0.5, 0.6) is 5.75 Å². The van der Waals surface area contributed by atoms with Crippen molar-refractivity contribution in [3.8, 4) is 5.75 Å². The van der Waals surface area contributed by atoms with Crippen molar-refractivity contribution in [1.82, 2.24) is 14.6 Å². The fourth-order valence-corrected chi connectivity index (χ4v) is 5.78. The van der Waals surface area contributed by atoms with Crippen LogP contribution in [0.25, 0.3) is 0 Å². The summed E-state index contributed by atoms with van der Waals surface area (Å²) in [5.74, 6) is -1.24. The van der Waals surface area contributed by atoms with E-state index in [0.717, 1.165) is 10.6 Å². The van der Waals surface area contributed by atoms with Gasteiger partial charge in [-0.2, -0.15) is 5.09 Å². The molecule has 4 N–H and O–H groups in total. The van der Waals surface area contributed by atoms with Crippen molar-refractivity contribution in [3.05, 3.63) is 63.4 Å². The molecule has 0 unspecified atom stereocenters. The van der Waals surface area contributed by atoms with Gasteiger partial charge in [-0.1, -0.05) is 31.9 Å². The van der Waals surface area contributed by atoms with Crippen LogP contribution in [-0.4, -0.2) is 65.8 Å². The van der Waals surface area contributed by atoms with Crippen LogP contribution >= 0.6 is 7.75 Å². The monoisotopic (exact) mass is 607 g/mol. The minimum absolute atomic E-state index is 0.189. The molecule has 1 radical (unpaired) electrons. The third-order valence-corrected chi connectivity index (χ3v) is 8.21. The molecule has 229 valence electrons. The highest BCUT2D eigenvalue weighted by Gasteiger charge is 2.56. The molecule has 0 bridgehead atoms. The molecule has 1 aliphatic rings. The van der Waals surface area contributed by atoms with Gasteiger partial charge in [0.15, 0.2) is 0 Å². The predicted molar refractivity (Wildman–Crippen MR) is 153 cm³/mol. The quantitative estimate of drug-likeness (QED) is 0.170. The molecule has 16 heteroatoms. The minimum atomic E-state index is -4.31. The van der Waals surface area contributed by atoms with Crippen LogP contribution < -0.4 is 26.6 Å². The molecule has 0 aliphatic carbocycles. The number of rotatable bonds is 13. The van der Waals surface area contributed by atoms with Gasteiger partial charge < -0.3 is 24.5 Å². The Morgan fingerprint density at radius 1 is 1.17 bits per heavy atom. The molecule has 0 saturated carbocycles. The maximum absolute atomic E-state index is 14.0. The van der Waals surface area contributed by atoms with Crippen molar-refractivity contribution in [2.75, 3.05) is 6.61 Å². The summed E-state index contributed by atoms with van der Waals surface area (Å²) in [6.45, 7) is 9.15. The molecular weight excluding hydrogens is 570 g/mol. The summed E-state index contributed by atoms with van der Waals surface area (Å²) in [7, 11) is -2.62. The van der Waals surface area contributed by atoms with Crippen molar-refractivity contribution in [2.24, 2.45) is 5.73 Å². The van der Waals surface area contributed by atoms with E-state index >= 15 is 0 Å². The third-order valence-electron chi connectivity index (χ3n) is 6.56. The Bertz CT molecular complexity index is 1400. The second kappa shape index (κ2) is 13.8. The molecule has 14 nitrogen and oxygen atoms in total. The molecule has 2 heterocycles. The number of para-hydroxylation sites is 1. The molecule has 0 amide bonds. The smallest absolute Gasteiger partial charge is 0.459 e. The van der Waals surface area contributed by atoms with Gasteiger partial charge in [0.2, 0.25) is 0 Å². The maximum Gasteiger partial charge on any atom is 0.459 e. The van der Waals surface area contributed by atoms with Crippen LogP contribution in [0.1, 0.15) is 40.8 Å². The lowest BCUT2D eigenvalue weighted by atomic mass is 9.51. The van der Waals surface area contributed by atoms with E-state index in [1.807, 2.05) is 0 Å². The second-order valence-corrected chi connectivity index (χ2v) is 12.1. The summed E-state index contributed by atoms with van der Waals surface area (Å²) in [4.78, 5) is 51.7. The van der Waals surface area contributed by atoms with E-state index in [-0.39, 0.29) is 5.75 Å². The summed E-state index contributed by atoms with van der Waals surface area (Å²) in [5, 5.41) is 1.44. The first-order valence-electron chi connectivity index (χ1n) is 13.4. The van der Waals surface area contributed by atoms with Gasteiger partial charge >= 0.3 is 25.4 Å². The Hall–Kier alpha value is -3.23. The number of benzene rings is 1. The molecule has 1 fully saturated rings. The first-order valence-corrected chi connectivity index (χ1v) is 14.9. The van der Waals surface area contributed by atoms with Crippen molar-refractivity contribution < 1.29 is 37.4 Å². The zero-order chi connectivity index (χ0) is 31.2. The summed E-state index contributed by atoms with van der Waals surface area (Å²) < 4.78 is 43.8. The molecule has 7 atom stereocenters. The zero-order valence-corrected chi connectivity index (χ0v) is 25.2. The fraction of sp³-hybridized carbons (Fsp3) is 0.538. The lowest BCUT2D eigenvalue weighted by molar-refractivity contribution is -0.155. The SMILES string of the molecule is C[B][C@]1(C)[C@H](OC(=O)[C@H](C)N)[C@@H](CO[P@@](=O)(N[C@@H](C)C(=O)OC(C)C)Oc2ccccc2)O[C@H]1n1ccc(=O)[nH]c1=O. The minimum Gasteiger partial charge on any atom is -0.462 e. The van der Waals surface area contributed by atoms with Crippen molar-refractivity contribution in [3.63, 3.8) is 0 Å². The fourth-order valence-electron chi connectivity index (χ4n) is 4.28. The Kier molecular flexibility index (Phi) is 11.0. The zero-order valence-electron chi connectivity index (χ0n) is 24.3. The molecule has 2 aromatic rings. The van der Waals surface area contributed by atoms with Gasteiger partial charge in [-0.25, -0.2) is 9.36 Å². The second-order valence-electron chi connectivity index (χ2n) is 10.4. The number of esters is 2. The average Bonchev–Trinajstić information content (AvgIpc) is 3.19. The highest BCUT2D eigenvalue weighted by molar-refractivity contribution is 7.52. The number of nitrogens with zero attached hydrogens (tertiary/aromatic N) is 1. The van der Waals surface area contributed by atoms with E-state index in [0.29, 0.717) is 0 Å². The van der Waals surface area contributed by atoms with Crippen molar-refractivity contribution >= 4 is 27.0 Å². The molecule has 0 spiro atoms. The summed E-state index contributed by atoms with van der Waals surface area (Å²) in [6, 6.07) is 7.23. The van der Waals surface area contributed by atoms with Gasteiger partial charge in [0, 0.05) is 17.6 Å².